The van der Waals surface area contributed by atoms with Crippen molar-refractivity contribution in [1.82, 2.24) is 24.6 Å². The lowest BCUT2D eigenvalue weighted by atomic mass is 9.84. The summed E-state index contributed by atoms with van der Waals surface area (Å²) in [6.45, 7) is 0. The van der Waals surface area contributed by atoms with Gasteiger partial charge in [0.2, 0.25) is 5.88 Å². The number of phenols is 1. The molecule has 0 unspecified atom stereocenters. The van der Waals surface area contributed by atoms with Crippen molar-refractivity contribution in [3.05, 3.63) is 95.6 Å². The van der Waals surface area contributed by atoms with Crippen LogP contribution in [0.5, 0.6) is 23.1 Å². The molecule has 3 aromatic heterocycles. The molecule has 0 radical (unpaired) electrons. The zero-order chi connectivity index (χ0) is 24.9. The van der Waals surface area contributed by atoms with Crippen molar-refractivity contribution in [2.45, 2.75) is 16.9 Å². The second kappa shape index (κ2) is 8.52. The molecular formula is C27H19N5O4S. The predicted octanol–water partition coefficient (Wildman–Crippen LogP) is 5.56. The summed E-state index contributed by atoms with van der Waals surface area (Å²) in [6.07, 6.45) is 1.59. The molecule has 10 heteroatoms. The minimum atomic E-state index is -0.233. The van der Waals surface area contributed by atoms with Crippen LogP contribution in [0.1, 0.15) is 28.4 Å². The molecule has 1 aliphatic rings. The van der Waals surface area contributed by atoms with E-state index >= 15 is 0 Å². The molecule has 1 N–H and O–H groups in total. The maximum Gasteiger partial charge on any atom is 0.257 e. The Morgan fingerprint density at radius 2 is 1.92 bits per heavy atom. The van der Waals surface area contributed by atoms with Gasteiger partial charge in [-0.15, -0.1) is 5.10 Å². The highest BCUT2D eigenvalue weighted by molar-refractivity contribution is 7.98. The standard InChI is InChI=1S/C27H19N5O4S/c1-34-17-9-6-15(7-10-17)23-18-11-8-16(33)12-21(18)35-26-24(23)25-30-22(31-32(25)14-28-26)13-37-27-29-19-4-2-3-5-20(19)36-27/h2-12,14,23,33H,13H2,1H3/t23-/m1/s1. The molecule has 6 aromatic rings. The summed E-state index contributed by atoms with van der Waals surface area (Å²) < 4.78 is 19.0. The van der Waals surface area contributed by atoms with Gasteiger partial charge in [0.15, 0.2) is 17.1 Å². The first-order valence-corrected chi connectivity index (χ1v) is 12.5. The van der Waals surface area contributed by atoms with E-state index in [1.807, 2.05) is 54.6 Å². The lowest BCUT2D eigenvalue weighted by molar-refractivity contribution is 0.414. The van der Waals surface area contributed by atoms with Crippen molar-refractivity contribution < 1.29 is 19.0 Å². The normalized spacial score (nSPS) is 14.4. The van der Waals surface area contributed by atoms with Crippen LogP contribution in [0.2, 0.25) is 0 Å². The van der Waals surface area contributed by atoms with E-state index < -0.39 is 0 Å². The van der Waals surface area contributed by atoms with Gasteiger partial charge in [-0.05, 0) is 35.9 Å². The van der Waals surface area contributed by atoms with E-state index in [0.717, 1.165) is 33.5 Å². The zero-order valence-electron chi connectivity index (χ0n) is 19.5. The lowest BCUT2D eigenvalue weighted by Gasteiger charge is -2.28. The SMILES string of the molecule is COc1ccc([C@@H]2c3ccc(O)cc3Oc3ncn4nc(CSc5nc6ccccc6o5)nc4c32)cc1. The number of thioether (sulfide) groups is 1. The molecule has 0 spiro atoms. The highest BCUT2D eigenvalue weighted by Gasteiger charge is 2.33. The van der Waals surface area contributed by atoms with Crippen molar-refractivity contribution in [1.29, 1.82) is 0 Å². The molecule has 4 heterocycles. The number of para-hydroxylation sites is 2. The summed E-state index contributed by atoms with van der Waals surface area (Å²) in [5.74, 6) is 2.72. The van der Waals surface area contributed by atoms with Crippen LogP contribution >= 0.6 is 11.8 Å². The number of benzene rings is 3. The first kappa shape index (κ1) is 21.7. The zero-order valence-corrected chi connectivity index (χ0v) is 20.3. The fraction of sp³-hybridized carbons (Fsp3) is 0.111. The number of aromatic nitrogens is 5. The van der Waals surface area contributed by atoms with E-state index in [4.69, 9.17) is 18.9 Å². The van der Waals surface area contributed by atoms with Gasteiger partial charge in [-0.2, -0.15) is 0 Å². The van der Waals surface area contributed by atoms with E-state index in [-0.39, 0.29) is 11.7 Å². The van der Waals surface area contributed by atoms with Crippen LogP contribution in [0.4, 0.5) is 0 Å². The van der Waals surface area contributed by atoms with E-state index in [9.17, 15) is 5.11 Å². The Morgan fingerprint density at radius 1 is 1.05 bits per heavy atom. The second-order valence-electron chi connectivity index (χ2n) is 8.53. The fourth-order valence-electron chi connectivity index (χ4n) is 4.59. The molecule has 1 aliphatic heterocycles. The van der Waals surface area contributed by atoms with E-state index in [0.29, 0.717) is 34.1 Å². The summed E-state index contributed by atoms with van der Waals surface area (Å²) in [6, 6.07) is 20.7. The number of oxazole rings is 1. The van der Waals surface area contributed by atoms with Crippen molar-refractivity contribution >= 4 is 28.5 Å². The quantitative estimate of drug-likeness (QED) is 0.298. The fourth-order valence-corrected chi connectivity index (χ4v) is 5.28. The maximum atomic E-state index is 10.1. The minimum Gasteiger partial charge on any atom is -0.508 e. The third-order valence-corrected chi connectivity index (χ3v) is 7.11. The second-order valence-corrected chi connectivity index (χ2v) is 9.45. The van der Waals surface area contributed by atoms with Gasteiger partial charge in [-0.3, -0.25) is 0 Å². The Balaban J connectivity index is 1.30. The Hall–Kier alpha value is -4.57. The Labute approximate surface area is 214 Å². The molecule has 182 valence electrons. The third kappa shape index (κ3) is 3.73. The molecule has 0 saturated heterocycles. The third-order valence-electron chi connectivity index (χ3n) is 6.28. The molecule has 37 heavy (non-hydrogen) atoms. The molecule has 9 nitrogen and oxygen atoms in total. The van der Waals surface area contributed by atoms with E-state index in [1.165, 1.54) is 11.8 Å². The number of methoxy groups -OCH3 is 1. The van der Waals surface area contributed by atoms with Gasteiger partial charge < -0.3 is 19.0 Å². The number of nitrogens with zero attached hydrogens (tertiary/aromatic N) is 5. The topological polar surface area (TPSA) is 108 Å². The first-order chi connectivity index (χ1) is 18.2. The van der Waals surface area contributed by atoms with Crippen LogP contribution in [-0.4, -0.2) is 36.8 Å². The molecule has 7 rings (SSSR count). The maximum absolute atomic E-state index is 10.1. The van der Waals surface area contributed by atoms with Gasteiger partial charge >= 0.3 is 0 Å². The number of ether oxygens (including phenoxy) is 2. The molecule has 0 bridgehead atoms. The lowest BCUT2D eigenvalue weighted by Crippen LogP contribution is -2.15. The number of rotatable bonds is 5. The van der Waals surface area contributed by atoms with Crippen LogP contribution in [0, 0.1) is 0 Å². The summed E-state index contributed by atoms with van der Waals surface area (Å²) in [5.41, 5.74) is 4.92. The van der Waals surface area contributed by atoms with Gasteiger partial charge in [0.25, 0.3) is 5.22 Å². The van der Waals surface area contributed by atoms with Crippen LogP contribution < -0.4 is 9.47 Å². The number of hydrogen-bond donors (Lipinski definition) is 1. The Kier molecular flexibility index (Phi) is 5.00. The summed E-state index contributed by atoms with van der Waals surface area (Å²) in [5, 5.41) is 15.3. The number of hydrogen-bond acceptors (Lipinski definition) is 9. The van der Waals surface area contributed by atoms with Crippen molar-refractivity contribution in [3.63, 3.8) is 0 Å². The van der Waals surface area contributed by atoms with E-state index in [1.54, 1.807) is 30.1 Å². The average molecular weight is 510 g/mol. The van der Waals surface area contributed by atoms with Crippen molar-refractivity contribution in [2.75, 3.05) is 7.11 Å². The number of fused-ring (bicyclic) bond motifs is 5. The average Bonchev–Trinajstić information content (AvgIpc) is 3.54. The molecule has 0 saturated carbocycles. The highest BCUT2D eigenvalue weighted by atomic mass is 32.2. The molecular weight excluding hydrogens is 490 g/mol. The minimum absolute atomic E-state index is 0.123. The Bertz CT molecular complexity index is 1750. The predicted molar refractivity (Wildman–Crippen MR) is 136 cm³/mol. The molecule has 0 aliphatic carbocycles. The number of phenolic OH excluding ortho intramolecular Hbond substituents is 1. The summed E-state index contributed by atoms with van der Waals surface area (Å²) >= 11 is 1.43. The Morgan fingerprint density at radius 3 is 2.76 bits per heavy atom. The van der Waals surface area contributed by atoms with Crippen molar-refractivity contribution in [2.24, 2.45) is 0 Å². The molecule has 3 aromatic carbocycles. The van der Waals surface area contributed by atoms with Crippen LogP contribution in [0.25, 0.3) is 16.7 Å². The largest absolute Gasteiger partial charge is 0.508 e. The first-order valence-electron chi connectivity index (χ1n) is 11.5. The van der Waals surface area contributed by atoms with Crippen LogP contribution in [-0.2, 0) is 5.75 Å². The van der Waals surface area contributed by atoms with Crippen LogP contribution in [0.15, 0.2) is 82.7 Å². The smallest absolute Gasteiger partial charge is 0.257 e. The van der Waals surface area contributed by atoms with Crippen LogP contribution in [0.3, 0.4) is 0 Å². The molecule has 1 atom stereocenters. The van der Waals surface area contributed by atoms with Gasteiger partial charge in [0.05, 0.1) is 18.4 Å². The van der Waals surface area contributed by atoms with Gasteiger partial charge in [0.1, 0.15) is 29.1 Å². The van der Waals surface area contributed by atoms with Crippen molar-refractivity contribution in [3.8, 4) is 23.1 Å². The van der Waals surface area contributed by atoms with Gasteiger partial charge in [0, 0.05) is 17.5 Å². The summed E-state index contributed by atoms with van der Waals surface area (Å²) in [4.78, 5) is 13.9. The monoisotopic (exact) mass is 509 g/mol. The molecule has 0 fully saturated rings. The highest BCUT2D eigenvalue weighted by Crippen LogP contribution is 2.48. The molecule has 0 amide bonds. The number of aromatic hydroxyl groups is 1. The van der Waals surface area contributed by atoms with Gasteiger partial charge in [-0.25, -0.2) is 19.5 Å². The van der Waals surface area contributed by atoms with E-state index in [2.05, 4.69) is 15.1 Å². The summed E-state index contributed by atoms with van der Waals surface area (Å²) in [7, 11) is 1.64. The van der Waals surface area contributed by atoms with Gasteiger partial charge in [-0.1, -0.05) is 42.1 Å².